The molecule has 2 atom stereocenters. The molecule has 3 aromatic rings. The highest BCUT2D eigenvalue weighted by Crippen LogP contribution is 2.54. The van der Waals surface area contributed by atoms with Crippen molar-refractivity contribution >= 4 is 52.8 Å². The zero-order chi connectivity index (χ0) is 42.8. The number of hydrogen-bond donors (Lipinski definition) is 3. The summed E-state index contributed by atoms with van der Waals surface area (Å²) in [6, 6.07) is 21.1. The van der Waals surface area contributed by atoms with E-state index >= 15 is 4.79 Å². The summed E-state index contributed by atoms with van der Waals surface area (Å²) < 4.78 is 11.7. The van der Waals surface area contributed by atoms with Gasteiger partial charge in [0.15, 0.2) is 0 Å². The second-order valence-electron chi connectivity index (χ2n) is 16.8. The van der Waals surface area contributed by atoms with Crippen LogP contribution in [0, 0.1) is 0 Å². The van der Waals surface area contributed by atoms with Gasteiger partial charge in [0, 0.05) is 42.8 Å². The third kappa shape index (κ3) is 9.23. The van der Waals surface area contributed by atoms with E-state index in [2.05, 4.69) is 37.5 Å². The molecule has 59 heavy (non-hydrogen) atoms. The molecule has 316 valence electrons. The number of amidine groups is 1. The first-order valence-corrected chi connectivity index (χ1v) is 20.8. The topological polar surface area (TPSA) is 159 Å². The molecule has 1 saturated carbocycles. The number of rotatable bonds is 14. The van der Waals surface area contributed by atoms with E-state index in [1.165, 1.54) is 0 Å². The Kier molecular flexibility index (Phi) is 13.0. The molecule has 13 nitrogen and oxygen atoms in total. The van der Waals surface area contributed by atoms with E-state index in [0.717, 1.165) is 16.7 Å². The van der Waals surface area contributed by atoms with E-state index < -0.39 is 28.4 Å². The maximum Gasteiger partial charge on any atom is 0.326 e. The van der Waals surface area contributed by atoms with Crippen LogP contribution in [-0.2, 0) is 35.6 Å². The molecular formula is C44H55Cl2N7O6. The van der Waals surface area contributed by atoms with Gasteiger partial charge in [-0.3, -0.25) is 29.2 Å². The van der Waals surface area contributed by atoms with Gasteiger partial charge in [0.1, 0.15) is 34.8 Å². The lowest BCUT2D eigenvalue weighted by molar-refractivity contribution is -0.131. The average molecular weight is 849 g/mol. The van der Waals surface area contributed by atoms with Crippen molar-refractivity contribution in [1.82, 2.24) is 25.3 Å². The number of nitrogens with one attached hydrogen (secondary N) is 2. The SMILES string of the molecule is CCOc1cc(C(C)(C)C)ccc1C1=N[C@@](C)(c2ccc(Cl)cc2)[C@@](C)(c2ccc(Cl)cc2)N1C(=O)N1CCN(CC(=O)NCCOCC(=O)NC2(C(N)=O)CC2)CC1. The second kappa shape index (κ2) is 17.5. The summed E-state index contributed by atoms with van der Waals surface area (Å²) in [7, 11) is 0. The number of carbonyl (C=O) groups excluding carboxylic acids is 4. The Morgan fingerprint density at radius 3 is 2.03 bits per heavy atom. The Morgan fingerprint density at radius 1 is 0.864 bits per heavy atom. The molecule has 15 heteroatoms. The predicted molar refractivity (Wildman–Crippen MR) is 229 cm³/mol. The van der Waals surface area contributed by atoms with E-state index in [4.69, 9.17) is 43.4 Å². The van der Waals surface area contributed by atoms with Crippen molar-refractivity contribution in [3.63, 3.8) is 0 Å². The van der Waals surface area contributed by atoms with Gasteiger partial charge in [-0.15, -0.1) is 0 Å². The number of hydrogen-bond acceptors (Lipinski definition) is 8. The average Bonchev–Trinajstić information content (AvgIpc) is 3.93. The summed E-state index contributed by atoms with van der Waals surface area (Å²) in [4.78, 5) is 63.0. The van der Waals surface area contributed by atoms with E-state index in [9.17, 15) is 14.4 Å². The summed E-state index contributed by atoms with van der Waals surface area (Å²) in [6.45, 7) is 14.8. The number of primary amides is 1. The molecule has 0 unspecified atom stereocenters. The first kappa shape index (κ1) is 43.9. The molecule has 2 aliphatic heterocycles. The fourth-order valence-electron chi connectivity index (χ4n) is 7.80. The number of halogens is 2. The van der Waals surface area contributed by atoms with Gasteiger partial charge in [-0.25, -0.2) is 4.79 Å². The fourth-order valence-corrected chi connectivity index (χ4v) is 8.05. The van der Waals surface area contributed by atoms with Crippen LogP contribution in [0.25, 0.3) is 0 Å². The first-order valence-electron chi connectivity index (χ1n) is 20.1. The summed E-state index contributed by atoms with van der Waals surface area (Å²) in [5.74, 6) is -0.0634. The minimum Gasteiger partial charge on any atom is -0.493 e. The Hall–Kier alpha value is -4.69. The lowest BCUT2D eigenvalue weighted by atomic mass is 9.71. The molecule has 6 rings (SSSR count). The Labute approximate surface area is 356 Å². The standard InChI is InChI=1S/C44H55Cl2N7O6/c1-7-59-35-26-31(41(2,3)4)12-17-34(35)38-50-42(5,29-8-13-32(45)14-9-29)43(6,30-10-15-33(46)16-11-30)53(38)40(57)52-23-21-51(22-24-52)27-36(54)48-20-25-58-28-37(55)49-44(18-19-44)39(47)56/h8-17,26H,7,18-25,27-28H2,1-6H3,(H2,47,56)(H,48,54)(H,49,55)/t42-,43+/m0/s1. The molecule has 0 bridgehead atoms. The monoisotopic (exact) mass is 847 g/mol. The second-order valence-corrected chi connectivity index (χ2v) is 17.6. The van der Waals surface area contributed by atoms with Crippen LogP contribution in [0.2, 0.25) is 10.0 Å². The molecule has 0 aromatic heterocycles. The summed E-state index contributed by atoms with van der Waals surface area (Å²) >= 11 is 12.8. The van der Waals surface area contributed by atoms with Gasteiger partial charge in [0.05, 0.1) is 25.3 Å². The Balaban J connectivity index is 1.22. The minimum absolute atomic E-state index is 0.121. The van der Waals surface area contributed by atoms with Crippen LogP contribution in [0.3, 0.4) is 0 Å². The molecule has 2 heterocycles. The predicted octanol–water partition coefficient (Wildman–Crippen LogP) is 5.59. The number of carbonyl (C=O) groups is 4. The number of piperazine rings is 1. The van der Waals surface area contributed by atoms with Crippen molar-refractivity contribution in [2.45, 2.75) is 76.4 Å². The maximum absolute atomic E-state index is 15.3. The van der Waals surface area contributed by atoms with E-state index in [0.29, 0.717) is 72.8 Å². The van der Waals surface area contributed by atoms with E-state index in [1.807, 2.05) is 96.1 Å². The number of ether oxygens (including phenoxy) is 2. The highest BCUT2D eigenvalue weighted by Gasteiger charge is 2.60. The third-order valence-electron chi connectivity index (χ3n) is 11.7. The van der Waals surface area contributed by atoms with Gasteiger partial charge < -0.3 is 30.7 Å². The third-order valence-corrected chi connectivity index (χ3v) is 12.2. The van der Waals surface area contributed by atoms with Gasteiger partial charge in [-0.05, 0) is 92.1 Å². The maximum atomic E-state index is 15.3. The fraction of sp³-hybridized carbons (Fsp3) is 0.477. The van der Waals surface area contributed by atoms with Crippen molar-refractivity contribution in [2.75, 3.05) is 59.1 Å². The lowest BCUT2D eigenvalue weighted by Crippen LogP contribution is -2.61. The van der Waals surface area contributed by atoms with Crippen LogP contribution in [0.15, 0.2) is 71.7 Å². The molecule has 3 aromatic carbocycles. The molecule has 1 aliphatic carbocycles. The minimum atomic E-state index is -1.06. The van der Waals surface area contributed by atoms with Crippen molar-refractivity contribution < 1.29 is 28.7 Å². The van der Waals surface area contributed by atoms with E-state index in [-0.39, 0.29) is 43.7 Å². The molecule has 1 saturated heterocycles. The molecule has 2 fully saturated rings. The number of nitrogens with zero attached hydrogens (tertiary/aromatic N) is 4. The normalized spacial score (nSPS) is 21.5. The zero-order valence-electron chi connectivity index (χ0n) is 34.7. The number of nitrogens with two attached hydrogens (primary N) is 1. The molecule has 0 spiro atoms. The van der Waals surface area contributed by atoms with Gasteiger partial charge in [0.25, 0.3) is 0 Å². The van der Waals surface area contributed by atoms with Crippen molar-refractivity contribution in [3.05, 3.63) is 99.0 Å². The van der Waals surface area contributed by atoms with Crippen LogP contribution in [0.5, 0.6) is 5.75 Å². The van der Waals surface area contributed by atoms with Crippen LogP contribution in [-0.4, -0.2) is 109 Å². The van der Waals surface area contributed by atoms with Crippen molar-refractivity contribution in [1.29, 1.82) is 0 Å². The molecule has 3 aliphatic rings. The van der Waals surface area contributed by atoms with Crippen LogP contribution in [0.1, 0.15) is 76.6 Å². The zero-order valence-corrected chi connectivity index (χ0v) is 36.2. The van der Waals surface area contributed by atoms with Crippen LogP contribution in [0.4, 0.5) is 4.79 Å². The molecular weight excluding hydrogens is 793 g/mol. The summed E-state index contributed by atoms with van der Waals surface area (Å²) in [6.07, 6.45) is 1.04. The van der Waals surface area contributed by atoms with Gasteiger partial charge >= 0.3 is 6.03 Å². The quantitative estimate of drug-likeness (QED) is 0.179. The van der Waals surface area contributed by atoms with Gasteiger partial charge in [0.2, 0.25) is 17.7 Å². The first-order chi connectivity index (χ1) is 27.9. The van der Waals surface area contributed by atoms with Crippen LogP contribution >= 0.6 is 23.2 Å². The number of urea groups is 1. The lowest BCUT2D eigenvalue weighted by Gasteiger charge is -2.47. The van der Waals surface area contributed by atoms with E-state index in [1.54, 1.807) is 0 Å². The molecule has 5 amide bonds. The van der Waals surface area contributed by atoms with Gasteiger partial charge in [-0.1, -0.05) is 74.3 Å². The highest BCUT2D eigenvalue weighted by atomic mass is 35.5. The smallest absolute Gasteiger partial charge is 0.326 e. The Morgan fingerprint density at radius 2 is 1.47 bits per heavy atom. The molecule has 4 N–H and O–H groups in total. The number of aliphatic imine (C=N–C) groups is 1. The molecule has 0 radical (unpaired) electrons. The van der Waals surface area contributed by atoms with Crippen LogP contribution < -0.4 is 21.1 Å². The highest BCUT2D eigenvalue weighted by molar-refractivity contribution is 6.30. The summed E-state index contributed by atoms with van der Waals surface area (Å²) in [5.41, 5.74) is 5.69. The van der Waals surface area contributed by atoms with Crippen molar-refractivity contribution in [3.8, 4) is 5.75 Å². The summed E-state index contributed by atoms with van der Waals surface area (Å²) in [5, 5.41) is 6.61. The largest absolute Gasteiger partial charge is 0.493 e. The van der Waals surface area contributed by atoms with Gasteiger partial charge in [-0.2, -0.15) is 0 Å². The van der Waals surface area contributed by atoms with Crippen molar-refractivity contribution in [2.24, 2.45) is 10.7 Å². The number of benzene rings is 3. The number of amides is 5. The Bertz CT molecular complexity index is 2080.